The lowest BCUT2D eigenvalue weighted by Gasteiger charge is -2.30. The molecule has 1 aliphatic heterocycles. The van der Waals surface area contributed by atoms with E-state index in [-0.39, 0.29) is 24.0 Å². The molecule has 1 aromatic carbocycles. The van der Waals surface area contributed by atoms with Gasteiger partial charge < -0.3 is 15.4 Å². The molecule has 1 aliphatic rings. The summed E-state index contributed by atoms with van der Waals surface area (Å²) in [5, 5.41) is 0. The predicted octanol–water partition coefficient (Wildman–Crippen LogP) is 2.35. The molecule has 4 heteroatoms. The molecule has 3 atom stereocenters. The van der Waals surface area contributed by atoms with Gasteiger partial charge in [0.05, 0.1) is 12.0 Å². The molecule has 0 aliphatic carbocycles. The van der Waals surface area contributed by atoms with Crippen molar-refractivity contribution in [3.05, 3.63) is 35.9 Å². The van der Waals surface area contributed by atoms with E-state index in [1.54, 1.807) is 4.90 Å². The molecule has 0 aromatic heterocycles. The Labute approximate surface area is 127 Å². The summed E-state index contributed by atoms with van der Waals surface area (Å²) in [4.78, 5) is 14.3. The van der Waals surface area contributed by atoms with Crippen LogP contribution in [0.3, 0.4) is 0 Å². The van der Waals surface area contributed by atoms with Crippen LogP contribution in [-0.2, 0) is 9.53 Å². The van der Waals surface area contributed by atoms with Gasteiger partial charge in [-0.05, 0) is 24.8 Å². The van der Waals surface area contributed by atoms with E-state index in [4.69, 9.17) is 10.5 Å². The van der Waals surface area contributed by atoms with Gasteiger partial charge in [-0.1, -0.05) is 37.3 Å². The van der Waals surface area contributed by atoms with Crippen LogP contribution in [0.1, 0.15) is 37.8 Å². The highest BCUT2D eigenvalue weighted by atomic mass is 16.5. The number of carbonyl (C=O) groups excluding carboxylic acids is 1. The van der Waals surface area contributed by atoms with Gasteiger partial charge in [0, 0.05) is 26.2 Å². The third-order valence-electron chi connectivity index (χ3n) is 4.24. The molecular formula is C17H26N2O2. The summed E-state index contributed by atoms with van der Waals surface area (Å²) >= 11 is 0. The lowest BCUT2D eigenvalue weighted by molar-refractivity contribution is -0.136. The van der Waals surface area contributed by atoms with E-state index in [2.05, 4.69) is 0 Å². The number of benzene rings is 1. The van der Waals surface area contributed by atoms with Crippen molar-refractivity contribution in [2.45, 2.75) is 38.3 Å². The Morgan fingerprint density at radius 3 is 2.71 bits per heavy atom. The lowest BCUT2D eigenvalue weighted by Crippen LogP contribution is -2.42. The molecule has 0 saturated carbocycles. The van der Waals surface area contributed by atoms with Crippen LogP contribution in [0.2, 0.25) is 0 Å². The normalized spacial score (nSPS) is 21.6. The van der Waals surface area contributed by atoms with Crippen LogP contribution in [0.25, 0.3) is 0 Å². The molecular weight excluding hydrogens is 264 g/mol. The molecule has 1 saturated heterocycles. The van der Waals surface area contributed by atoms with Gasteiger partial charge in [0.15, 0.2) is 0 Å². The van der Waals surface area contributed by atoms with E-state index in [0.717, 1.165) is 25.0 Å². The highest BCUT2D eigenvalue weighted by molar-refractivity contribution is 5.79. The average Bonchev–Trinajstić information content (AvgIpc) is 2.54. The smallest absolute Gasteiger partial charge is 0.227 e. The summed E-state index contributed by atoms with van der Waals surface area (Å²) < 4.78 is 5.70. The van der Waals surface area contributed by atoms with Crippen LogP contribution < -0.4 is 5.73 Å². The second-order valence-electron chi connectivity index (χ2n) is 5.93. The van der Waals surface area contributed by atoms with Crippen LogP contribution in [0.5, 0.6) is 0 Å². The summed E-state index contributed by atoms with van der Waals surface area (Å²) in [6.07, 6.45) is 3.53. The molecule has 116 valence electrons. The average molecular weight is 290 g/mol. The SMILES string of the molecule is C[C@H](C(=O)N(C)C[C@H]1CCCCO1)[C@H](N)c1ccccc1. The van der Waals surface area contributed by atoms with Crippen LogP contribution in [0.4, 0.5) is 0 Å². The number of nitrogens with two attached hydrogens (primary N) is 1. The monoisotopic (exact) mass is 290 g/mol. The minimum Gasteiger partial charge on any atom is -0.376 e. The maximum absolute atomic E-state index is 12.5. The van der Waals surface area contributed by atoms with E-state index in [1.165, 1.54) is 6.42 Å². The highest BCUT2D eigenvalue weighted by Crippen LogP contribution is 2.21. The van der Waals surface area contributed by atoms with Crippen molar-refractivity contribution >= 4 is 5.91 Å². The van der Waals surface area contributed by atoms with E-state index >= 15 is 0 Å². The number of carbonyl (C=O) groups is 1. The van der Waals surface area contributed by atoms with Crippen LogP contribution in [-0.4, -0.2) is 37.1 Å². The Kier molecular flexibility index (Phi) is 5.76. The van der Waals surface area contributed by atoms with Gasteiger partial charge >= 0.3 is 0 Å². The zero-order chi connectivity index (χ0) is 15.2. The maximum atomic E-state index is 12.5. The minimum atomic E-state index is -0.270. The van der Waals surface area contributed by atoms with Crippen molar-refractivity contribution in [3.63, 3.8) is 0 Å². The van der Waals surface area contributed by atoms with E-state index in [1.807, 2.05) is 44.3 Å². The highest BCUT2D eigenvalue weighted by Gasteiger charge is 2.26. The van der Waals surface area contributed by atoms with Gasteiger partial charge in [-0.3, -0.25) is 4.79 Å². The van der Waals surface area contributed by atoms with Gasteiger partial charge in [0.25, 0.3) is 0 Å². The number of hydrogen-bond donors (Lipinski definition) is 1. The van der Waals surface area contributed by atoms with Gasteiger partial charge in [0.2, 0.25) is 5.91 Å². The van der Waals surface area contributed by atoms with Gasteiger partial charge in [-0.25, -0.2) is 0 Å². The van der Waals surface area contributed by atoms with Crippen molar-refractivity contribution < 1.29 is 9.53 Å². The van der Waals surface area contributed by atoms with Crippen LogP contribution >= 0.6 is 0 Å². The summed E-state index contributed by atoms with van der Waals surface area (Å²) in [5.74, 6) is -0.151. The Bertz CT molecular complexity index is 443. The van der Waals surface area contributed by atoms with E-state index in [0.29, 0.717) is 6.54 Å². The zero-order valence-electron chi connectivity index (χ0n) is 13.0. The molecule has 1 fully saturated rings. The Hall–Kier alpha value is -1.39. The molecule has 4 nitrogen and oxygen atoms in total. The number of likely N-dealkylation sites (N-methyl/N-ethyl adjacent to an activating group) is 1. The molecule has 0 unspecified atom stereocenters. The summed E-state index contributed by atoms with van der Waals surface area (Å²) in [7, 11) is 1.84. The van der Waals surface area contributed by atoms with Crippen LogP contribution in [0.15, 0.2) is 30.3 Å². The molecule has 1 amide bonds. The molecule has 1 heterocycles. The fourth-order valence-electron chi connectivity index (χ4n) is 2.81. The van der Waals surface area contributed by atoms with Gasteiger partial charge in [0.1, 0.15) is 0 Å². The quantitative estimate of drug-likeness (QED) is 0.905. The number of hydrogen-bond acceptors (Lipinski definition) is 3. The van der Waals surface area contributed by atoms with Crippen molar-refractivity contribution in [2.75, 3.05) is 20.2 Å². The Balaban J connectivity index is 1.91. The summed E-state index contributed by atoms with van der Waals surface area (Å²) in [6.45, 7) is 3.37. The molecule has 2 rings (SSSR count). The van der Waals surface area contributed by atoms with Crippen molar-refractivity contribution in [3.8, 4) is 0 Å². The van der Waals surface area contributed by atoms with Crippen molar-refractivity contribution in [2.24, 2.45) is 11.7 Å². The number of ether oxygens (including phenoxy) is 1. The first kappa shape index (κ1) is 16.0. The van der Waals surface area contributed by atoms with E-state index < -0.39 is 0 Å². The Morgan fingerprint density at radius 2 is 2.10 bits per heavy atom. The fourth-order valence-corrected chi connectivity index (χ4v) is 2.81. The molecule has 2 N–H and O–H groups in total. The molecule has 1 aromatic rings. The maximum Gasteiger partial charge on any atom is 0.227 e. The number of nitrogens with zero attached hydrogens (tertiary/aromatic N) is 1. The molecule has 0 bridgehead atoms. The van der Waals surface area contributed by atoms with Gasteiger partial charge in [-0.15, -0.1) is 0 Å². The Morgan fingerprint density at radius 1 is 1.38 bits per heavy atom. The lowest BCUT2D eigenvalue weighted by atomic mass is 9.94. The third kappa shape index (κ3) is 4.29. The van der Waals surface area contributed by atoms with Crippen molar-refractivity contribution in [1.29, 1.82) is 0 Å². The number of rotatable bonds is 5. The molecule has 0 radical (unpaired) electrons. The standard InChI is InChI=1S/C17H26N2O2/c1-13(16(18)14-8-4-3-5-9-14)17(20)19(2)12-15-10-6-7-11-21-15/h3-5,8-9,13,15-16H,6-7,10-12,18H2,1-2H3/t13-,15+,16-/m0/s1. The summed E-state index contributed by atoms with van der Waals surface area (Å²) in [6, 6.07) is 9.53. The van der Waals surface area contributed by atoms with Crippen LogP contribution in [0, 0.1) is 5.92 Å². The fraction of sp³-hybridized carbons (Fsp3) is 0.588. The molecule has 21 heavy (non-hydrogen) atoms. The zero-order valence-corrected chi connectivity index (χ0v) is 13.0. The summed E-state index contributed by atoms with van der Waals surface area (Å²) in [5.41, 5.74) is 7.23. The van der Waals surface area contributed by atoms with Crippen molar-refractivity contribution in [1.82, 2.24) is 4.90 Å². The predicted molar refractivity (Wildman–Crippen MR) is 83.8 cm³/mol. The second kappa shape index (κ2) is 7.57. The second-order valence-corrected chi connectivity index (χ2v) is 5.93. The first-order chi connectivity index (χ1) is 10.1. The largest absolute Gasteiger partial charge is 0.376 e. The third-order valence-corrected chi connectivity index (χ3v) is 4.24. The number of amides is 1. The minimum absolute atomic E-state index is 0.0838. The van der Waals surface area contributed by atoms with Gasteiger partial charge in [-0.2, -0.15) is 0 Å². The first-order valence-electron chi connectivity index (χ1n) is 7.76. The van der Waals surface area contributed by atoms with E-state index in [9.17, 15) is 4.79 Å². The first-order valence-corrected chi connectivity index (χ1v) is 7.76. The molecule has 0 spiro atoms. The topological polar surface area (TPSA) is 55.6 Å².